The second-order valence-electron chi connectivity index (χ2n) is 6.94. The van der Waals surface area contributed by atoms with Gasteiger partial charge in [-0.05, 0) is 62.1 Å². The van der Waals surface area contributed by atoms with Crippen molar-refractivity contribution in [3.05, 3.63) is 59.4 Å². The summed E-state index contributed by atoms with van der Waals surface area (Å²) in [5.41, 5.74) is 3.47. The van der Waals surface area contributed by atoms with Gasteiger partial charge in [0.1, 0.15) is 5.82 Å². The van der Waals surface area contributed by atoms with Crippen molar-refractivity contribution in [1.29, 1.82) is 0 Å². The molecule has 1 atom stereocenters. The van der Waals surface area contributed by atoms with Gasteiger partial charge in [-0.1, -0.05) is 17.7 Å². The van der Waals surface area contributed by atoms with Crippen molar-refractivity contribution in [2.24, 2.45) is 5.92 Å². The van der Waals surface area contributed by atoms with Crippen molar-refractivity contribution in [2.45, 2.75) is 25.2 Å². The van der Waals surface area contributed by atoms with Crippen molar-refractivity contribution >= 4 is 23.4 Å². The van der Waals surface area contributed by atoms with E-state index in [1.165, 1.54) is 28.2 Å². The minimum Gasteiger partial charge on any atom is -0.371 e. The molecule has 1 saturated heterocycles. The van der Waals surface area contributed by atoms with Crippen molar-refractivity contribution in [3.8, 4) is 0 Å². The number of hydrogen-bond acceptors (Lipinski definition) is 3. The average molecular weight is 373 g/mol. The summed E-state index contributed by atoms with van der Waals surface area (Å²) in [5.74, 6) is 0.752. The summed E-state index contributed by atoms with van der Waals surface area (Å²) in [7, 11) is 0. The highest BCUT2D eigenvalue weighted by molar-refractivity contribution is 8.00. The lowest BCUT2D eigenvalue weighted by Crippen LogP contribution is -2.32. The van der Waals surface area contributed by atoms with Crippen LogP contribution in [0, 0.1) is 25.6 Å². The highest BCUT2D eigenvalue weighted by Gasteiger charge is 2.23. The average Bonchev–Trinajstić information content (AvgIpc) is 3.10. The molecule has 1 aliphatic rings. The zero-order valence-electron chi connectivity index (χ0n) is 15.3. The number of hydrogen-bond donors (Lipinski definition) is 1. The predicted octanol–water partition coefficient (Wildman–Crippen LogP) is 4.18. The number of carbonyl (C=O) groups excluding carboxylic acids is 1. The van der Waals surface area contributed by atoms with Crippen LogP contribution < -0.4 is 10.2 Å². The summed E-state index contributed by atoms with van der Waals surface area (Å²) in [6.45, 7) is 6.68. The van der Waals surface area contributed by atoms with Crippen molar-refractivity contribution in [3.63, 3.8) is 0 Å². The largest absolute Gasteiger partial charge is 0.371 e. The molecule has 0 radical (unpaired) electrons. The van der Waals surface area contributed by atoms with Gasteiger partial charge in [-0.15, -0.1) is 11.8 Å². The van der Waals surface area contributed by atoms with E-state index in [4.69, 9.17) is 0 Å². The molecule has 1 amide bonds. The molecule has 138 valence electrons. The highest BCUT2D eigenvalue weighted by atomic mass is 32.2. The molecule has 0 aliphatic carbocycles. The number of benzene rings is 2. The summed E-state index contributed by atoms with van der Waals surface area (Å²) in [6.07, 6.45) is 1.04. The van der Waals surface area contributed by atoms with Gasteiger partial charge in [0.15, 0.2) is 0 Å². The Kier molecular flexibility index (Phi) is 6.20. The van der Waals surface area contributed by atoms with Gasteiger partial charge >= 0.3 is 0 Å². The Bertz CT molecular complexity index is 763. The minimum absolute atomic E-state index is 0.0798. The molecule has 0 aromatic heterocycles. The van der Waals surface area contributed by atoms with Crippen molar-refractivity contribution in [1.82, 2.24) is 5.32 Å². The molecule has 0 bridgehead atoms. The van der Waals surface area contributed by atoms with Gasteiger partial charge in [-0.3, -0.25) is 4.79 Å². The first-order valence-corrected chi connectivity index (χ1v) is 9.97. The number of thioether (sulfide) groups is 1. The van der Waals surface area contributed by atoms with E-state index in [0.29, 0.717) is 18.2 Å². The molecule has 1 unspecified atom stereocenters. The molecular formula is C21H25FN2OS. The first-order chi connectivity index (χ1) is 12.5. The number of nitrogens with one attached hydrogen (secondary N) is 1. The molecule has 2 aromatic carbocycles. The van der Waals surface area contributed by atoms with Gasteiger partial charge < -0.3 is 10.2 Å². The molecule has 0 saturated carbocycles. The fourth-order valence-electron chi connectivity index (χ4n) is 3.20. The van der Waals surface area contributed by atoms with Crippen LogP contribution in [0.4, 0.5) is 10.1 Å². The number of aryl methyl sites for hydroxylation is 2. The number of amides is 1. The maximum atomic E-state index is 13.0. The Hall–Kier alpha value is -2.01. The van der Waals surface area contributed by atoms with Gasteiger partial charge in [0.2, 0.25) is 5.91 Å². The molecule has 1 N–H and O–H groups in total. The second-order valence-corrected chi connectivity index (χ2v) is 7.96. The maximum absolute atomic E-state index is 13.0. The lowest BCUT2D eigenvalue weighted by molar-refractivity contribution is -0.118. The van der Waals surface area contributed by atoms with E-state index < -0.39 is 0 Å². The van der Waals surface area contributed by atoms with E-state index >= 15 is 0 Å². The van der Waals surface area contributed by atoms with Crippen LogP contribution in [0.25, 0.3) is 0 Å². The molecule has 3 nitrogen and oxygen atoms in total. The van der Waals surface area contributed by atoms with Gasteiger partial charge in [0.25, 0.3) is 0 Å². The highest BCUT2D eigenvalue weighted by Crippen LogP contribution is 2.25. The SMILES string of the molecule is Cc1ccc(C)c(SCC(=O)NCC2CCN(c3ccc(F)cc3)C2)c1. The van der Waals surface area contributed by atoms with E-state index in [1.54, 1.807) is 11.8 Å². The van der Waals surface area contributed by atoms with Crippen LogP contribution in [0.2, 0.25) is 0 Å². The molecular weight excluding hydrogens is 347 g/mol. The van der Waals surface area contributed by atoms with E-state index in [9.17, 15) is 9.18 Å². The van der Waals surface area contributed by atoms with Crippen LogP contribution in [0.15, 0.2) is 47.4 Å². The molecule has 5 heteroatoms. The number of carbonyl (C=O) groups is 1. The molecule has 26 heavy (non-hydrogen) atoms. The number of anilines is 1. The quantitative estimate of drug-likeness (QED) is 0.772. The fourth-order valence-corrected chi connectivity index (χ4v) is 4.15. The predicted molar refractivity (Wildman–Crippen MR) is 106 cm³/mol. The van der Waals surface area contributed by atoms with Gasteiger partial charge in [-0.2, -0.15) is 0 Å². The van der Waals surface area contributed by atoms with Crippen LogP contribution >= 0.6 is 11.8 Å². The molecule has 0 spiro atoms. The van der Waals surface area contributed by atoms with Crippen LogP contribution in [0.5, 0.6) is 0 Å². The molecule has 1 aliphatic heterocycles. The summed E-state index contributed by atoms with van der Waals surface area (Å²) in [6, 6.07) is 12.9. The standard InChI is InChI=1S/C21H25FN2OS/c1-15-3-4-16(2)20(11-15)26-14-21(25)23-12-17-9-10-24(13-17)19-7-5-18(22)6-8-19/h3-8,11,17H,9-10,12-14H2,1-2H3,(H,23,25). The van der Waals surface area contributed by atoms with Crippen molar-refractivity contribution < 1.29 is 9.18 Å². The smallest absolute Gasteiger partial charge is 0.230 e. The van der Waals surface area contributed by atoms with Crippen LogP contribution in [-0.4, -0.2) is 31.3 Å². The lowest BCUT2D eigenvalue weighted by Gasteiger charge is -2.18. The van der Waals surface area contributed by atoms with Crippen LogP contribution in [0.1, 0.15) is 17.5 Å². The Morgan fingerprint density at radius 1 is 1.23 bits per heavy atom. The molecule has 1 fully saturated rings. The number of nitrogens with zero attached hydrogens (tertiary/aromatic N) is 1. The summed E-state index contributed by atoms with van der Waals surface area (Å²) in [4.78, 5) is 15.6. The zero-order chi connectivity index (χ0) is 18.5. The van der Waals surface area contributed by atoms with Crippen LogP contribution in [-0.2, 0) is 4.79 Å². The second kappa shape index (κ2) is 8.58. The monoisotopic (exact) mass is 372 g/mol. The number of rotatable bonds is 6. The summed E-state index contributed by atoms with van der Waals surface area (Å²) >= 11 is 1.59. The summed E-state index contributed by atoms with van der Waals surface area (Å²) < 4.78 is 13.0. The van der Waals surface area contributed by atoms with Gasteiger partial charge in [-0.25, -0.2) is 4.39 Å². The minimum atomic E-state index is -0.210. The van der Waals surface area contributed by atoms with Gasteiger partial charge in [0, 0.05) is 30.2 Å². The lowest BCUT2D eigenvalue weighted by atomic mass is 10.1. The Morgan fingerprint density at radius 3 is 2.77 bits per heavy atom. The fraction of sp³-hybridized carbons (Fsp3) is 0.381. The third-order valence-electron chi connectivity index (χ3n) is 4.77. The Labute approximate surface area is 159 Å². The first kappa shape index (κ1) is 18.8. The topological polar surface area (TPSA) is 32.3 Å². The maximum Gasteiger partial charge on any atom is 0.230 e. The molecule has 2 aromatic rings. The van der Waals surface area contributed by atoms with E-state index in [2.05, 4.69) is 42.3 Å². The third kappa shape index (κ3) is 5.01. The molecule has 3 rings (SSSR count). The number of halogens is 1. The Morgan fingerprint density at radius 2 is 2.00 bits per heavy atom. The van der Waals surface area contributed by atoms with E-state index in [0.717, 1.165) is 25.2 Å². The third-order valence-corrected chi connectivity index (χ3v) is 5.93. The van der Waals surface area contributed by atoms with E-state index in [1.807, 2.05) is 12.1 Å². The van der Waals surface area contributed by atoms with Crippen LogP contribution in [0.3, 0.4) is 0 Å². The normalized spacial score (nSPS) is 16.7. The Balaban J connectivity index is 1.42. The van der Waals surface area contributed by atoms with Crippen molar-refractivity contribution in [2.75, 3.05) is 30.3 Å². The van der Waals surface area contributed by atoms with E-state index in [-0.39, 0.29) is 11.7 Å². The molecule has 1 heterocycles. The first-order valence-electron chi connectivity index (χ1n) is 8.98. The zero-order valence-corrected chi connectivity index (χ0v) is 16.1. The summed E-state index contributed by atoms with van der Waals surface area (Å²) in [5, 5.41) is 3.06. The van der Waals surface area contributed by atoms with Gasteiger partial charge in [0.05, 0.1) is 5.75 Å².